The molecule has 0 N–H and O–H groups in total. The van der Waals surface area contributed by atoms with E-state index in [4.69, 9.17) is 9.15 Å². The Balaban J connectivity index is 0.920. The molecule has 2 unspecified atom stereocenters. The quantitative estimate of drug-likeness (QED) is 0.157. The Morgan fingerprint density at radius 3 is 1.89 bits per heavy atom. The molecule has 0 radical (unpaired) electrons. The molecule has 63 heavy (non-hydrogen) atoms. The van der Waals surface area contributed by atoms with Gasteiger partial charge in [0.2, 0.25) is 0 Å². The van der Waals surface area contributed by atoms with Crippen LogP contribution in [0.3, 0.4) is 0 Å². The maximum absolute atomic E-state index is 6.55. The van der Waals surface area contributed by atoms with Crippen LogP contribution in [0.1, 0.15) is 17.0 Å². The highest BCUT2D eigenvalue weighted by atomic mass is 16.5. The van der Waals surface area contributed by atoms with Crippen LogP contribution in [0.15, 0.2) is 229 Å². The van der Waals surface area contributed by atoms with Crippen LogP contribution in [-0.2, 0) is 0 Å². The lowest BCUT2D eigenvalue weighted by Gasteiger charge is -2.29. The zero-order chi connectivity index (χ0) is 41.4. The molecule has 0 spiro atoms. The third kappa shape index (κ3) is 5.89. The highest BCUT2D eigenvalue weighted by Gasteiger charge is 2.34. The van der Waals surface area contributed by atoms with Crippen molar-refractivity contribution in [3.63, 3.8) is 0 Å². The smallest absolute Gasteiger partial charge is 0.136 e. The molecule has 1 aliphatic heterocycles. The molecule has 1 aromatic heterocycles. The highest BCUT2D eigenvalue weighted by Crippen LogP contribution is 2.48. The van der Waals surface area contributed by atoms with E-state index in [-0.39, 0.29) is 12.0 Å². The van der Waals surface area contributed by atoms with Crippen LogP contribution in [0, 0.1) is 0 Å². The standard InChI is InChI=1S/C60H39NO2/c1-2-12-42-36-60-55(34-41(42)11-1)54-35-44(26-33-58(54)63-60)49-14-5-7-18-56(49)61(45-27-20-38(21-28-45)43-25-32-53-52-15-6-8-19-57(52)62-59(53)37-43)46-29-22-40(23-30-46)48-16-9-17-50-47-13-4-3-10-39(47)24-31-51(48)50/h1-37,54,58H. The number of rotatable bonds is 6. The summed E-state index contributed by atoms with van der Waals surface area (Å²) in [5, 5.41) is 9.75. The van der Waals surface area contributed by atoms with Crippen molar-refractivity contribution < 1.29 is 9.15 Å². The van der Waals surface area contributed by atoms with E-state index >= 15 is 0 Å². The van der Waals surface area contributed by atoms with Gasteiger partial charge in [0.15, 0.2) is 0 Å². The number of anilines is 3. The topological polar surface area (TPSA) is 25.6 Å². The minimum Gasteiger partial charge on any atom is -0.485 e. The minimum atomic E-state index is -0.0326. The van der Waals surface area contributed by atoms with Crippen molar-refractivity contribution in [2.45, 2.75) is 12.0 Å². The monoisotopic (exact) mass is 805 g/mol. The first-order chi connectivity index (χ1) is 31.2. The second-order valence-corrected chi connectivity index (χ2v) is 16.8. The van der Waals surface area contributed by atoms with Crippen molar-refractivity contribution in [1.82, 2.24) is 0 Å². The predicted octanol–water partition coefficient (Wildman–Crippen LogP) is 16.3. The number of fused-ring (bicyclic) bond motifs is 10. The van der Waals surface area contributed by atoms with Crippen LogP contribution in [0.5, 0.6) is 5.75 Å². The Kier molecular flexibility index (Phi) is 8.04. The molecule has 2 atom stereocenters. The largest absolute Gasteiger partial charge is 0.485 e. The summed E-state index contributed by atoms with van der Waals surface area (Å²) < 4.78 is 12.8. The molecule has 0 fully saturated rings. The normalized spacial score (nSPS) is 15.5. The van der Waals surface area contributed by atoms with Gasteiger partial charge < -0.3 is 14.1 Å². The lowest BCUT2D eigenvalue weighted by Crippen LogP contribution is -2.18. The lowest BCUT2D eigenvalue weighted by molar-refractivity contribution is 0.269. The zero-order valence-corrected chi connectivity index (χ0v) is 34.3. The predicted molar refractivity (Wildman–Crippen MR) is 263 cm³/mol. The Morgan fingerprint density at radius 1 is 0.413 bits per heavy atom. The summed E-state index contributed by atoms with van der Waals surface area (Å²) >= 11 is 0. The summed E-state index contributed by atoms with van der Waals surface area (Å²) in [6, 6.07) is 74.5. The number of ether oxygens (including phenoxy) is 1. The fourth-order valence-corrected chi connectivity index (χ4v) is 10.1. The fourth-order valence-electron chi connectivity index (χ4n) is 10.1. The van der Waals surface area contributed by atoms with Crippen molar-refractivity contribution >= 4 is 76.9 Å². The maximum Gasteiger partial charge on any atom is 0.136 e. The molecule has 13 rings (SSSR count). The van der Waals surface area contributed by atoms with Crippen molar-refractivity contribution in [3.05, 3.63) is 236 Å². The maximum atomic E-state index is 6.55. The van der Waals surface area contributed by atoms with Gasteiger partial charge in [-0.3, -0.25) is 0 Å². The molecule has 0 saturated heterocycles. The van der Waals surface area contributed by atoms with Crippen molar-refractivity contribution in [2.24, 2.45) is 0 Å². The fraction of sp³-hybridized carbons (Fsp3) is 0.0333. The van der Waals surface area contributed by atoms with E-state index in [1.165, 1.54) is 54.6 Å². The van der Waals surface area contributed by atoms with E-state index in [9.17, 15) is 0 Å². The van der Waals surface area contributed by atoms with E-state index in [0.29, 0.717) is 0 Å². The molecule has 2 aliphatic rings. The number of furan rings is 1. The second-order valence-electron chi connectivity index (χ2n) is 16.8. The van der Waals surface area contributed by atoms with Gasteiger partial charge in [-0.05, 0) is 127 Å². The van der Waals surface area contributed by atoms with Crippen LogP contribution < -0.4 is 9.64 Å². The van der Waals surface area contributed by atoms with Crippen LogP contribution >= 0.6 is 0 Å². The Bertz CT molecular complexity index is 3670. The first kappa shape index (κ1) is 35.6. The number of hydrogen-bond acceptors (Lipinski definition) is 3. The lowest BCUT2D eigenvalue weighted by atomic mass is 9.85. The second kappa shape index (κ2) is 14.2. The molecule has 3 heteroatoms. The van der Waals surface area contributed by atoms with Crippen molar-refractivity contribution in [2.75, 3.05) is 4.90 Å². The first-order valence-electron chi connectivity index (χ1n) is 21.7. The molecule has 1 aliphatic carbocycles. The molecular formula is C60H39NO2. The molecular weight excluding hydrogens is 767 g/mol. The zero-order valence-electron chi connectivity index (χ0n) is 34.3. The SMILES string of the molecule is C1=CC2Oc3cc4ccccc4cc3C2C=C1c1ccccc1N(c1ccc(-c2ccc3c(c2)oc2ccccc23)cc1)c1ccc(-c2cccc3c2ccc2ccccc23)cc1. The minimum absolute atomic E-state index is 0.0326. The van der Waals surface area contributed by atoms with E-state index in [2.05, 4.69) is 217 Å². The highest BCUT2D eigenvalue weighted by molar-refractivity contribution is 6.12. The summed E-state index contributed by atoms with van der Waals surface area (Å²) in [6.45, 7) is 0. The summed E-state index contributed by atoms with van der Waals surface area (Å²) in [7, 11) is 0. The van der Waals surface area contributed by atoms with Gasteiger partial charge in [0.1, 0.15) is 23.0 Å². The Labute approximate surface area is 365 Å². The van der Waals surface area contributed by atoms with Gasteiger partial charge in [-0.1, -0.05) is 158 Å². The molecule has 0 bridgehead atoms. The molecule has 11 aromatic rings. The van der Waals surface area contributed by atoms with Gasteiger partial charge in [0.25, 0.3) is 0 Å². The van der Waals surface area contributed by atoms with E-state index < -0.39 is 0 Å². The molecule has 3 nitrogen and oxygen atoms in total. The van der Waals surface area contributed by atoms with Crippen molar-refractivity contribution in [3.8, 4) is 28.0 Å². The number of benzene rings is 10. The van der Waals surface area contributed by atoms with Gasteiger partial charge in [0, 0.05) is 39.2 Å². The summed E-state index contributed by atoms with van der Waals surface area (Å²) in [5.74, 6) is 1.09. The van der Waals surface area contributed by atoms with E-state index in [1.54, 1.807) is 0 Å². The number of hydrogen-bond donors (Lipinski definition) is 0. The molecule has 10 aromatic carbocycles. The Morgan fingerprint density at radius 2 is 1.05 bits per heavy atom. The van der Waals surface area contributed by atoms with Crippen molar-refractivity contribution in [1.29, 1.82) is 0 Å². The Hall–Kier alpha value is -8.14. The molecule has 0 saturated carbocycles. The van der Waals surface area contributed by atoms with Crippen LogP contribution in [0.25, 0.3) is 82.1 Å². The number of nitrogens with zero attached hydrogens (tertiary/aromatic N) is 1. The average molecular weight is 806 g/mol. The van der Waals surface area contributed by atoms with Gasteiger partial charge >= 0.3 is 0 Å². The average Bonchev–Trinajstić information content (AvgIpc) is 3.90. The van der Waals surface area contributed by atoms with Gasteiger partial charge in [-0.15, -0.1) is 0 Å². The summed E-state index contributed by atoms with van der Waals surface area (Å²) in [5.41, 5.74) is 13.3. The number of allylic oxidation sites excluding steroid dienone is 2. The molecule has 296 valence electrons. The number of para-hydroxylation sites is 2. The third-order valence-corrected chi connectivity index (χ3v) is 13.2. The van der Waals surface area contributed by atoms with E-state index in [0.717, 1.165) is 61.4 Å². The van der Waals surface area contributed by atoms with Gasteiger partial charge in [0.05, 0.1) is 5.69 Å². The van der Waals surface area contributed by atoms with Gasteiger partial charge in [-0.25, -0.2) is 0 Å². The van der Waals surface area contributed by atoms with Crippen LogP contribution in [-0.4, -0.2) is 6.10 Å². The summed E-state index contributed by atoms with van der Waals surface area (Å²) in [4.78, 5) is 2.40. The van der Waals surface area contributed by atoms with Crippen LogP contribution in [0.4, 0.5) is 17.1 Å². The van der Waals surface area contributed by atoms with Crippen LogP contribution in [0.2, 0.25) is 0 Å². The first-order valence-corrected chi connectivity index (χ1v) is 21.7. The third-order valence-electron chi connectivity index (χ3n) is 13.2. The summed E-state index contributed by atoms with van der Waals surface area (Å²) in [6.07, 6.45) is 6.86. The molecule has 2 heterocycles. The van der Waals surface area contributed by atoms with Gasteiger partial charge in [-0.2, -0.15) is 0 Å². The van der Waals surface area contributed by atoms with E-state index in [1.807, 2.05) is 12.1 Å². The molecule has 0 amide bonds.